The first-order valence-corrected chi connectivity index (χ1v) is 19.0. The molecule has 0 unspecified atom stereocenters. The minimum absolute atomic E-state index is 0.0687. The summed E-state index contributed by atoms with van der Waals surface area (Å²) in [6.45, 7) is 3.78. The number of rotatable bonds is 22. The van der Waals surface area contributed by atoms with E-state index >= 15 is 0 Å². The summed E-state index contributed by atoms with van der Waals surface area (Å²) in [6, 6.07) is 13.8. The molecule has 1 aliphatic rings. The second kappa shape index (κ2) is 23.2. The number of halogens is 1. The Morgan fingerprint density at radius 3 is 2.29 bits per heavy atom. The summed E-state index contributed by atoms with van der Waals surface area (Å²) in [5.41, 5.74) is 7.25. The van der Waals surface area contributed by atoms with Crippen LogP contribution in [-0.2, 0) is 36.8 Å². The third kappa shape index (κ3) is 15.9. The highest BCUT2D eigenvalue weighted by atomic mass is 79.9. The highest BCUT2D eigenvalue weighted by Crippen LogP contribution is 2.29. The maximum Gasteiger partial charge on any atom is 0.315 e. The Labute approximate surface area is 301 Å². The molecule has 1 saturated carbocycles. The molecule has 270 valence electrons. The van der Waals surface area contributed by atoms with Crippen LogP contribution in [-0.4, -0.2) is 49.5 Å². The first-order chi connectivity index (χ1) is 23.8. The van der Waals surface area contributed by atoms with Crippen LogP contribution in [0.3, 0.4) is 0 Å². The van der Waals surface area contributed by atoms with Crippen LogP contribution < -0.4 is 21.1 Å². The molecule has 9 nitrogen and oxygen atoms in total. The normalized spacial score (nSPS) is 16.4. The Kier molecular flexibility index (Phi) is 19.0. The van der Waals surface area contributed by atoms with Crippen molar-refractivity contribution >= 4 is 39.7 Å². The predicted molar refractivity (Wildman–Crippen MR) is 196 cm³/mol. The number of amides is 2. The van der Waals surface area contributed by atoms with Gasteiger partial charge in [0, 0.05) is 23.9 Å². The van der Waals surface area contributed by atoms with Crippen LogP contribution in [0.1, 0.15) is 108 Å². The minimum atomic E-state index is -0.751. The van der Waals surface area contributed by atoms with Crippen LogP contribution in [0.15, 0.2) is 53.0 Å². The Morgan fingerprint density at radius 2 is 1.57 bits per heavy atom. The molecule has 0 heterocycles. The molecule has 0 aromatic heterocycles. The Balaban J connectivity index is 1.48. The average molecular weight is 743 g/mol. The van der Waals surface area contributed by atoms with Gasteiger partial charge in [0.05, 0.1) is 18.9 Å². The smallest absolute Gasteiger partial charge is 0.315 e. The second-order valence-corrected chi connectivity index (χ2v) is 14.1. The van der Waals surface area contributed by atoms with Gasteiger partial charge in [-0.3, -0.25) is 19.2 Å². The summed E-state index contributed by atoms with van der Waals surface area (Å²) in [7, 11) is 0. The number of carbonyl (C=O) groups is 4. The fraction of sp³-hybridized carbons (Fsp3) is 0.590. The number of nitrogens with one attached hydrogen (secondary N) is 2. The number of esters is 2. The molecule has 0 bridgehead atoms. The lowest BCUT2D eigenvalue weighted by atomic mass is 9.82. The Bertz CT molecular complexity index is 1300. The molecular formula is C39H56BrN3O6. The number of hydrogen-bond acceptors (Lipinski definition) is 7. The lowest BCUT2D eigenvalue weighted by Gasteiger charge is -2.28. The van der Waals surface area contributed by atoms with Crippen LogP contribution >= 0.6 is 15.9 Å². The van der Waals surface area contributed by atoms with Crippen molar-refractivity contribution in [3.05, 3.63) is 64.1 Å². The quantitative estimate of drug-likeness (QED) is 0.0674. The van der Waals surface area contributed by atoms with Crippen molar-refractivity contribution in [3.8, 4) is 5.75 Å². The highest BCUT2D eigenvalue weighted by Gasteiger charge is 2.28. The zero-order chi connectivity index (χ0) is 35.3. The van der Waals surface area contributed by atoms with Gasteiger partial charge in [-0.15, -0.1) is 0 Å². The van der Waals surface area contributed by atoms with Crippen molar-refractivity contribution in [2.75, 3.05) is 19.7 Å². The molecule has 49 heavy (non-hydrogen) atoms. The van der Waals surface area contributed by atoms with Crippen molar-refractivity contribution in [1.82, 2.24) is 10.6 Å². The third-order valence-electron chi connectivity index (χ3n) is 9.13. The van der Waals surface area contributed by atoms with Crippen molar-refractivity contribution in [1.29, 1.82) is 0 Å². The molecule has 4 N–H and O–H groups in total. The molecule has 1 atom stereocenters. The van der Waals surface area contributed by atoms with E-state index in [0.29, 0.717) is 44.7 Å². The summed E-state index contributed by atoms with van der Waals surface area (Å²) in [6.07, 6.45) is 13.3. The molecule has 2 aromatic carbocycles. The van der Waals surface area contributed by atoms with E-state index in [1.54, 1.807) is 12.1 Å². The number of carbonyl (C=O) groups excluding carboxylic acids is 4. The van der Waals surface area contributed by atoms with Gasteiger partial charge in [-0.05, 0) is 86.7 Å². The summed E-state index contributed by atoms with van der Waals surface area (Å²) in [5.74, 6) is -0.263. The van der Waals surface area contributed by atoms with E-state index in [9.17, 15) is 19.2 Å². The minimum Gasteiger partial charge on any atom is -0.465 e. The van der Waals surface area contributed by atoms with E-state index < -0.39 is 6.04 Å². The van der Waals surface area contributed by atoms with Gasteiger partial charge < -0.3 is 25.8 Å². The number of nitrogens with two attached hydrogens (primary N) is 1. The van der Waals surface area contributed by atoms with Gasteiger partial charge in [-0.25, -0.2) is 0 Å². The van der Waals surface area contributed by atoms with Crippen LogP contribution in [0, 0.1) is 11.8 Å². The molecule has 2 amide bonds. The van der Waals surface area contributed by atoms with E-state index in [4.69, 9.17) is 15.2 Å². The van der Waals surface area contributed by atoms with Gasteiger partial charge in [-0.1, -0.05) is 91.7 Å². The van der Waals surface area contributed by atoms with Crippen LogP contribution in [0.4, 0.5) is 0 Å². The molecule has 1 fully saturated rings. The second-order valence-electron chi connectivity index (χ2n) is 13.2. The standard InChI is InChI=1S/C39H56BrN3O6/c1-2-3-4-5-6-12-25-48-39(47)31-20-16-30(17-21-31)28-42-38(46)35(43-36(44)15-8-7-11-24-41)26-29-18-22-33(23-19-29)49-37(45)27-32-13-9-10-14-34(32)40/h9-10,13-14,18-19,22-23,30-31,35H,2-8,11-12,15-17,20-21,24-28,41H2,1H3,(H,42,46)(H,43,44)/t30?,31?,35-/m0/s1. The van der Waals surface area contributed by atoms with Crippen LogP contribution in [0.5, 0.6) is 5.75 Å². The maximum absolute atomic E-state index is 13.4. The first-order valence-electron chi connectivity index (χ1n) is 18.3. The predicted octanol–water partition coefficient (Wildman–Crippen LogP) is 6.97. The zero-order valence-corrected chi connectivity index (χ0v) is 30.8. The van der Waals surface area contributed by atoms with Crippen LogP contribution in [0.25, 0.3) is 0 Å². The number of unbranched alkanes of at least 4 members (excludes halogenated alkanes) is 7. The molecule has 0 spiro atoms. The summed E-state index contributed by atoms with van der Waals surface area (Å²) >= 11 is 3.46. The topological polar surface area (TPSA) is 137 Å². The SMILES string of the molecule is CCCCCCCCOC(=O)C1CCC(CNC(=O)[C@H](Cc2ccc(OC(=O)Cc3ccccc3Br)cc2)NC(=O)CCCCCN)CC1. The van der Waals surface area contributed by atoms with Gasteiger partial charge in [0.1, 0.15) is 11.8 Å². The van der Waals surface area contributed by atoms with E-state index in [1.165, 1.54) is 25.7 Å². The van der Waals surface area contributed by atoms with Gasteiger partial charge >= 0.3 is 11.9 Å². The number of hydrogen-bond donors (Lipinski definition) is 3. The third-order valence-corrected chi connectivity index (χ3v) is 9.91. The van der Waals surface area contributed by atoms with Crippen molar-refractivity contribution in [2.24, 2.45) is 17.6 Å². The molecule has 3 rings (SSSR count). The maximum atomic E-state index is 13.4. The molecule has 0 aliphatic heterocycles. The molecule has 0 radical (unpaired) electrons. The van der Waals surface area contributed by atoms with E-state index in [-0.39, 0.29) is 42.0 Å². The van der Waals surface area contributed by atoms with Crippen molar-refractivity contribution in [2.45, 2.75) is 116 Å². The molecule has 2 aromatic rings. The Morgan fingerprint density at radius 1 is 0.878 bits per heavy atom. The van der Waals surface area contributed by atoms with Gasteiger partial charge in [0.2, 0.25) is 11.8 Å². The lowest BCUT2D eigenvalue weighted by Crippen LogP contribution is -2.49. The molecule has 0 saturated heterocycles. The van der Waals surface area contributed by atoms with Gasteiger partial charge in [0.25, 0.3) is 0 Å². The summed E-state index contributed by atoms with van der Waals surface area (Å²) in [4.78, 5) is 51.3. The molecule has 10 heteroatoms. The Hall–Kier alpha value is -3.24. The van der Waals surface area contributed by atoms with E-state index in [0.717, 1.165) is 67.0 Å². The van der Waals surface area contributed by atoms with Gasteiger partial charge in [0.15, 0.2) is 0 Å². The zero-order valence-electron chi connectivity index (χ0n) is 29.2. The number of ether oxygens (including phenoxy) is 2. The van der Waals surface area contributed by atoms with Crippen molar-refractivity contribution in [3.63, 3.8) is 0 Å². The largest absolute Gasteiger partial charge is 0.465 e. The fourth-order valence-corrected chi connectivity index (χ4v) is 6.54. The summed E-state index contributed by atoms with van der Waals surface area (Å²) < 4.78 is 11.9. The van der Waals surface area contributed by atoms with Gasteiger partial charge in [-0.2, -0.15) is 0 Å². The fourth-order valence-electron chi connectivity index (χ4n) is 6.12. The van der Waals surface area contributed by atoms with E-state index in [1.807, 2.05) is 36.4 Å². The number of benzene rings is 2. The molecular weight excluding hydrogens is 686 g/mol. The molecule has 1 aliphatic carbocycles. The average Bonchev–Trinajstić information content (AvgIpc) is 3.10. The van der Waals surface area contributed by atoms with Crippen molar-refractivity contribution < 1.29 is 28.7 Å². The summed E-state index contributed by atoms with van der Waals surface area (Å²) in [5, 5.41) is 6.00. The lowest BCUT2D eigenvalue weighted by molar-refractivity contribution is -0.150. The van der Waals surface area contributed by atoms with Crippen LogP contribution in [0.2, 0.25) is 0 Å². The first kappa shape index (κ1) is 40.2. The van der Waals surface area contributed by atoms with E-state index in [2.05, 4.69) is 33.5 Å². The highest BCUT2D eigenvalue weighted by molar-refractivity contribution is 9.10. The monoisotopic (exact) mass is 741 g/mol.